The van der Waals surface area contributed by atoms with Crippen LogP contribution in [0, 0.1) is 13.8 Å². The van der Waals surface area contributed by atoms with Gasteiger partial charge in [-0.3, -0.25) is 0 Å². The fraction of sp³-hybridized carbons (Fsp3) is 0.240. The van der Waals surface area contributed by atoms with Crippen molar-refractivity contribution in [1.82, 2.24) is 15.6 Å². The number of esters is 1. The summed E-state index contributed by atoms with van der Waals surface area (Å²) in [6.45, 7) is 7.63. The van der Waals surface area contributed by atoms with Gasteiger partial charge < -0.3 is 20.1 Å². The number of hydrogen-bond acceptors (Lipinski definition) is 5. The first-order valence-corrected chi connectivity index (χ1v) is 11.0. The minimum absolute atomic E-state index is 0.230. The molecule has 0 saturated carbocycles. The summed E-state index contributed by atoms with van der Waals surface area (Å²) in [7, 11) is 0. The third-order valence-corrected chi connectivity index (χ3v) is 5.56. The van der Waals surface area contributed by atoms with Crippen LogP contribution in [0.4, 0.5) is 4.79 Å². The second kappa shape index (κ2) is 9.11. The molecule has 8 heteroatoms. The number of rotatable bonds is 5. The normalized spacial score (nSPS) is 15.8. The van der Waals surface area contributed by atoms with Crippen LogP contribution < -0.4 is 15.4 Å². The van der Waals surface area contributed by atoms with Crippen LogP contribution in [-0.4, -0.2) is 23.6 Å². The van der Waals surface area contributed by atoms with Gasteiger partial charge in [-0.25, -0.2) is 14.6 Å². The van der Waals surface area contributed by atoms with Crippen molar-refractivity contribution in [2.24, 2.45) is 0 Å². The number of carbonyl (C=O) groups excluding carboxylic acids is 2. The molecule has 1 aromatic heterocycles. The monoisotopic (exact) mass is 465 g/mol. The fourth-order valence-electron chi connectivity index (χ4n) is 4.01. The van der Waals surface area contributed by atoms with Gasteiger partial charge >= 0.3 is 12.0 Å². The van der Waals surface area contributed by atoms with Gasteiger partial charge in [0.2, 0.25) is 0 Å². The van der Waals surface area contributed by atoms with Crippen molar-refractivity contribution in [3.05, 3.63) is 75.6 Å². The first-order valence-electron chi connectivity index (χ1n) is 10.6. The van der Waals surface area contributed by atoms with Crippen LogP contribution in [0.1, 0.15) is 36.6 Å². The number of carbonyl (C=O) groups is 2. The van der Waals surface area contributed by atoms with Crippen LogP contribution >= 0.6 is 11.6 Å². The summed E-state index contributed by atoms with van der Waals surface area (Å²) < 4.78 is 11.4. The largest absolute Gasteiger partial charge is 0.463 e. The molecule has 7 nitrogen and oxygen atoms in total. The van der Waals surface area contributed by atoms with Crippen LogP contribution in [0.5, 0.6) is 11.5 Å². The second-order valence-corrected chi connectivity index (χ2v) is 8.27. The van der Waals surface area contributed by atoms with E-state index in [4.69, 9.17) is 21.1 Å². The Morgan fingerprint density at radius 2 is 1.94 bits per heavy atom. The topological polar surface area (TPSA) is 89.5 Å². The maximum Gasteiger partial charge on any atom is 0.338 e. The number of hydrogen-bond donors (Lipinski definition) is 2. The summed E-state index contributed by atoms with van der Waals surface area (Å²) in [4.78, 5) is 29.2. The Hall–Kier alpha value is -3.58. The lowest BCUT2D eigenvalue weighted by atomic mass is 9.95. The molecule has 2 amide bonds. The highest BCUT2D eigenvalue weighted by Crippen LogP contribution is 2.35. The van der Waals surface area contributed by atoms with Crippen LogP contribution in [0.2, 0.25) is 5.15 Å². The lowest BCUT2D eigenvalue weighted by Crippen LogP contribution is -2.45. The maximum atomic E-state index is 12.6. The van der Waals surface area contributed by atoms with Crippen molar-refractivity contribution >= 4 is 34.5 Å². The molecule has 0 aliphatic carbocycles. The average Bonchev–Trinajstić information content (AvgIpc) is 2.74. The van der Waals surface area contributed by atoms with Crippen molar-refractivity contribution in [1.29, 1.82) is 0 Å². The zero-order valence-corrected chi connectivity index (χ0v) is 19.5. The van der Waals surface area contributed by atoms with Gasteiger partial charge in [-0.2, -0.15) is 0 Å². The van der Waals surface area contributed by atoms with E-state index in [1.807, 2.05) is 32.0 Å². The third-order valence-electron chi connectivity index (χ3n) is 5.36. The van der Waals surface area contributed by atoms with Crippen molar-refractivity contribution < 1.29 is 19.1 Å². The lowest BCUT2D eigenvalue weighted by molar-refractivity contribution is -0.139. The molecule has 0 fully saturated rings. The summed E-state index contributed by atoms with van der Waals surface area (Å²) >= 11 is 6.27. The Kier molecular flexibility index (Phi) is 6.24. The van der Waals surface area contributed by atoms with Gasteiger partial charge in [0.1, 0.15) is 16.7 Å². The Labute approximate surface area is 196 Å². The highest BCUT2D eigenvalue weighted by atomic mass is 35.5. The molecule has 2 heterocycles. The summed E-state index contributed by atoms with van der Waals surface area (Å²) in [6, 6.07) is 11.9. The van der Waals surface area contributed by atoms with Gasteiger partial charge in [0.15, 0.2) is 0 Å². The van der Waals surface area contributed by atoms with E-state index in [9.17, 15) is 9.59 Å². The van der Waals surface area contributed by atoms with E-state index in [2.05, 4.69) is 15.6 Å². The zero-order valence-electron chi connectivity index (χ0n) is 18.8. The van der Waals surface area contributed by atoms with E-state index in [0.717, 1.165) is 22.0 Å². The minimum atomic E-state index is -0.677. The molecular weight excluding hydrogens is 442 g/mol. The molecule has 1 aliphatic heterocycles. The first-order chi connectivity index (χ1) is 15.8. The molecule has 170 valence electrons. The Morgan fingerprint density at radius 3 is 2.70 bits per heavy atom. The minimum Gasteiger partial charge on any atom is -0.463 e. The highest BCUT2D eigenvalue weighted by molar-refractivity contribution is 6.30. The average molecular weight is 466 g/mol. The summed E-state index contributed by atoms with van der Waals surface area (Å²) in [5.41, 5.74) is 4.33. The second-order valence-electron chi connectivity index (χ2n) is 7.89. The van der Waals surface area contributed by atoms with Crippen LogP contribution in [0.3, 0.4) is 0 Å². The molecule has 1 atom stereocenters. The SMILES string of the molecule is CCOC(=O)C1=C(C)NC(=O)NC1c1cccc(Oc2cc(Cl)nc3c(C)cc(C)cc23)c1. The van der Waals surface area contributed by atoms with E-state index in [1.54, 1.807) is 38.1 Å². The van der Waals surface area contributed by atoms with Gasteiger partial charge in [0.05, 0.1) is 23.7 Å². The number of amides is 2. The van der Waals surface area contributed by atoms with E-state index in [0.29, 0.717) is 33.5 Å². The number of aromatic nitrogens is 1. The number of allylic oxidation sites excluding steroid dienone is 1. The van der Waals surface area contributed by atoms with Gasteiger partial charge in [-0.1, -0.05) is 29.8 Å². The van der Waals surface area contributed by atoms with Crippen LogP contribution in [0.15, 0.2) is 53.7 Å². The van der Waals surface area contributed by atoms with Crippen molar-refractivity contribution in [2.75, 3.05) is 6.61 Å². The molecule has 0 radical (unpaired) electrons. The summed E-state index contributed by atoms with van der Waals surface area (Å²) in [5, 5.41) is 6.61. The van der Waals surface area contributed by atoms with Crippen LogP contribution in [-0.2, 0) is 9.53 Å². The van der Waals surface area contributed by atoms with Gasteiger partial charge in [-0.15, -0.1) is 0 Å². The van der Waals surface area contributed by atoms with Crippen molar-refractivity contribution in [3.8, 4) is 11.5 Å². The molecule has 1 aliphatic rings. The quantitative estimate of drug-likeness (QED) is 0.384. The number of benzene rings is 2. The standard InChI is InChI=1S/C25H24ClN3O4/c1-5-32-24(30)21-15(4)27-25(31)29-23(21)16-7-6-8-17(11-16)33-19-12-20(26)28-22-14(3)9-13(2)10-18(19)22/h6-12,23H,5H2,1-4H3,(H2,27,29,31). The number of fused-ring (bicyclic) bond motifs is 1. The molecule has 4 rings (SSSR count). The van der Waals surface area contributed by atoms with Gasteiger partial charge in [0, 0.05) is 17.1 Å². The highest BCUT2D eigenvalue weighted by Gasteiger charge is 2.32. The molecule has 3 aromatic rings. The Morgan fingerprint density at radius 1 is 1.15 bits per heavy atom. The van der Waals surface area contributed by atoms with E-state index in [1.165, 1.54) is 0 Å². The first kappa shape index (κ1) is 22.6. The predicted octanol–water partition coefficient (Wildman–Crippen LogP) is 5.49. The lowest BCUT2D eigenvalue weighted by Gasteiger charge is -2.28. The number of halogens is 1. The molecule has 0 bridgehead atoms. The van der Waals surface area contributed by atoms with Gasteiger partial charge in [0.25, 0.3) is 0 Å². The molecule has 0 saturated heterocycles. The molecule has 2 aromatic carbocycles. The Bertz CT molecular complexity index is 1300. The van der Waals surface area contributed by atoms with E-state index < -0.39 is 18.0 Å². The van der Waals surface area contributed by atoms with Gasteiger partial charge in [-0.05, 0) is 62.6 Å². The number of aryl methyl sites for hydroxylation is 2. The molecule has 0 spiro atoms. The molecule has 2 N–H and O–H groups in total. The maximum absolute atomic E-state index is 12.6. The van der Waals surface area contributed by atoms with Crippen molar-refractivity contribution in [2.45, 2.75) is 33.7 Å². The van der Waals surface area contributed by atoms with Crippen molar-refractivity contribution in [3.63, 3.8) is 0 Å². The summed E-state index contributed by atoms with van der Waals surface area (Å²) in [6.07, 6.45) is 0. The number of nitrogens with zero attached hydrogens (tertiary/aromatic N) is 1. The molecule has 1 unspecified atom stereocenters. The number of pyridine rings is 1. The fourth-order valence-corrected chi connectivity index (χ4v) is 4.20. The smallest absolute Gasteiger partial charge is 0.338 e. The zero-order chi connectivity index (χ0) is 23.7. The summed E-state index contributed by atoms with van der Waals surface area (Å²) in [5.74, 6) is 0.612. The number of ether oxygens (including phenoxy) is 2. The Balaban J connectivity index is 1.74. The van der Waals surface area contributed by atoms with Crippen LogP contribution in [0.25, 0.3) is 10.9 Å². The third kappa shape index (κ3) is 4.64. The number of urea groups is 1. The molecule has 33 heavy (non-hydrogen) atoms. The number of nitrogens with one attached hydrogen (secondary N) is 2. The van der Waals surface area contributed by atoms with E-state index in [-0.39, 0.29) is 6.61 Å². The van der Waals surface area contributed by atoms with E-state index >= 15 is 0 Å². The predicted molar refractivity (Wildman–Crippen MR) is 126 cm³/mol. The molecular formula is C25H24ClN3O4.